The molecule has 0 radical (unpaired) electrons. The lowest BCUT2D eigenvalue weighted by molar-refractivity contribution is 0.0697. The van der Waals surface area contributed by atoms with E-state index in [0.717, 1.165) is 5.56 Å². The van der Waals surface area contributed by atoms with Crippen LogP contribution < -0.4 is 4.74 Å². The molecule has 0 bridgehead atoms. The molecule has 0 saturated heterocycles. The largest absolute Gasteiger partial charge is 0.493 e. The Morgan fingerprint density at radius 3 is 2.46 bits per heavy atom. The topological polar surface area (TPSA) is 80.7 Å². The maximum absolute atomic E-state index is 12.6. The predicted octanol–water partition coefficient (Wildman–Crippen LogP) is 3.64. The quantitative estimate of drug-likeness (QED) is 0.799. The number of hydrogen-bond donors (Lipinski definition) is 1. The van der Waals surface area contributed by atoms with Crippen LogP contribution in [-0.4, -0.2) is 31.9 Å². The molecule has 2 aromatic carbocycles. The van der Waals surface area contributed by atoms with Crippen LogP contribution >= 0.6 is 0 Å². The molecule has 2 aromatic rings. The van der Waals surface area contributed by atoms with Crippen LogP contribution in [0.4, 0.5) is 0 Å². The van der Waals surface area contributed by atoms with Crippen molar-refractivity contribution >= 4 is 15.8 Å². The minimum Gasteiger partial charge on any atom is -0.493 e. The number of benzene rings is 2. The van der Waals surface area contributed by atoms with E-state index in [1.165, 1.54) is 12.1 Å². The molecule has 0 saturated carbocycles. The Balaban J connectivity index is 2.10. The van der Waals surface area contributed by atoms with E-state index < -0.39 is 15.8 Å². The van der Waals surface area contributed by atoms with Gasteiger partial charge in [0.05, 0.1) is 28.4 Å². The maximum Gasteiger partial charge on any atom is 0.335 e. The first-order valence-corrected chi connectivity index (χ1v) is 10.7. The molecule has 0 spiro atoms. The number of sulfone groups is 1. The van der Waals surface area contributed by atoms with E-state index in [1.807, 2.05) is 26.8 Å². The van der Waals surface area contributed by atoms with Crippen molar-refractivity contribution in [3.63, 3.8) is 0 Å². The molecule has 6 heteroatoms. The van der Waals surface area contributed by atoms with Gasteiger partial charge in [-0.25, -0.2) is 13.2 Å². The number of carboxylic acids is 1. The molecule has 5 nitrogen and oxygen atoms in total. The Morgan fingerprint density at radius 2 is 1.86 bits per heavy atom. The van der Waals surface area contributed by atoms with Crippen molar-refractivity contribution in [2.45, 2.75) is 37.5 Å². The fourth-order valence-corrected chi connectivity index (χ4v) is 5.15. The van der Waals surface area contributed by atoms with Crippen LogP contribution in [0.2, 0.25) is 0 Å². The molecule has 3 rings (SSSR count). The summed E-state index contributed by atoms with van der Waals surface area (Å²) in [5.74, 6) is 5.65. The van der Waals surface area contributed by atoms with Crippen molar-refractivity contribution in [1.29, 1.82) is 0 Å². The highest BCUT2D eigenvalue weighted by Gasteiger charge is 2.36. The second-order valence-electron chi connectivity index (χ2n) is 7.36. The highest BCUT2D eigenvalue weighted by atomic mass is 32.2. The lowest BCUT2D eigenvalue weighted by Crippen LogP contribution is -2.30. The van der Waals surface area contributed by atoms with E-state index in [4.69, 9.17) is 9.84 Å². The second-order valence-corrected chi connectivity index (χ2v) is 9.44. The third kappa shape index (κ3) is 3.90. The summed E-state index contributed by atoms with van der Waals surface area (Å²) < 4.78 is 30.8. The zero-order valence-corrected chi connectivity index (χ0v) is 16.9. The molecule has 0 aliphatic carbocycles. The van der Waals surface area contributed by atoms with Gasteiger partial charge < -0.3 is 9.84 Å². The SMILES string of the molecule is CCOc1cc2c(cc1C#Cc1ccc(C(=O)O)cc1)C(C)(C)CCS2(=O)=O. The Labute approximate surface area is 165 Å². The molecule has 0 fully saturated rings. The van der Waals surface area contributed by atoms with Gasteiger partial charge in [-0.1, -0.05) is 25.7 Å². The fraction of sp³-hybridized carbons (Fsp3) is 0.318. The number of hydrogen-bond acceptors (Lipinski definition) is 4. The van der Waals surface area contributed by atoms with Crippen LogP contribution in [0.25, 0.3) is 0 Å². The van der Waals surface area contributed by atoms with Crippen LogP contribution in [0.15, 0.2) is 41.3 Å². The number of carbonyl (C=O) groups is 1. The summed E-state index contributed by atoms with van der Waals surface area (Å²) in [7, 11) is -3.33. The van der Waals surface area contributed by atoms with E-state index in [-0.39, 0.29) is 16.7 Å². The molecule has 1 aliphatic rings. The summed E-state index contributed by atoms with van der Waals surface area (Å²) in [6.07, 6.45) is 0.555. The van der Waals surface area contributed by atoms with E-state index in [9.17, 15) is 13.2 Å². The molecular weight excluding hydrogens is 376 g/mol. The normalized spacial score (nSPS) is 16.4. The molecule has 146 valence electrons. The summed E-state index contributed by atoms with van der Waals surface area (Å²) in [6, 6.07) is 9.69. The zero-order valence-electron chi connectivity index (χ0n) is 16.1. The molecule has 0 amide bonds. The second kappa shape index (κ2) is 7.33. The van der Waals surface area contributed by atoms with Crippen LogP contribution in [-0.2, 0) is 15.3 Å². The van der Waals surface area contributed by atoms with Gasteiger partial charge in [0.2, 0.25) is 0 Å². The monoisotopic (exact) mass is 398 g/mol. The van der Waals surface area contributed by atoms with Crippen molar-refractivity contribution in [2.24, 2.45) is 0 Å². The molecule has 1 N–H and O–H groups in total. The average molecular weight is 398 g/mol. The van der Waals surface area contributed by atoms with Crippen LogP contribution in [0.3, 0.4) is 0 Å². The van der Waals surface area contributed by atoms with Gasteiger partial charge in [-0.2, -0.15) is 0 Å². The summed E-state index contributed by atoms with van der Waals surface area (Å²) >= 11 is 0. The van der Waals surface area contributed by atoms with Gasteiger partial charge in [0.1, 0.15) is 5.75 Å². The first kappa shape index (κ1) is 20.0. The number of ether oxygens (including phenoxy) is 1. The van der Waals surface area contributed by atoms with Gasteiger partial charge in [-0.05, 0) is 54.7 Å². The van der Waals surface area contributed by atoms with Crippen LogP contribution in [0, 0.1) is 11.8 Å². The summed E-state index contributed by atoms with van der Waals surface area (Å²) in [6.45, 7) is 6.29. The van der Waals surface area contributed by atoms with Crippen molar-refractivity contribution in [3.8, 4) is 17.6 Å². The minimum atomic E-state index is -3.33. The predicted molar refractivity (Wildman–Crippen MR) is 107 cm³/mol. The molecule has 0 unspecified atom stereocenters. The van der Waals surface area contributed by atoms with Crippen LogP contribution in [0.5, 0.6) is 5.75 Å². The van der Waals surface area contributed by atoms with Crippen molar-refractivity contribution in [1.82, 2.24) is 0 Å². The lowest BCUT2D eigenvalue weighted by Gasteiger charge is -2.32. The number of rotatable bonds is 3. The van der Waals surface area contributed by atoms with E-state index in [1.54, 1.807) is 18.2 Å². The maximum atomic E-state index is 12.6. The van der Waals surface area contributed by atoms with E-state index in [2.05, 4.69) is 11.8 Å². The summed E-state index contributed by atoms with van der Waals surface area (Å²) in [4.78, 5) is 11.3. The van der Waals surface area contributed by atoms with Gasteiger partial charge in [0.25, 0.3) is 0 Å². The van der Waals surface area contributed by atoms with Gasteiger partial charge in [-0.15, -0.1) is 0 Å². The Bertz CT molecular complexity index is 1080. The number of carboxylic acid groups (broad SMARTS) is 1. The molecule has 1 aliphatic heterocycles. The van der Waals surface area contributed by atoms with Gasteiger partial charge in [0.15, 0.2) is 9.84 Å². The summed E-state index contributed by atoms with van der Waals surface area (Å²) in [5.41, 5.74) is 1.96. The van der Waals surface area contributed by atoms with E-state index in [0.29, 0.717) is 34.8 Å². The van der Waals surface area contributed by atoms with Crippen molar-refractivity contribution < 1.29 is 23.1 Å². The molecule has 0 atom stereocenters. The van der Waals surface area contributed by atoms with Gasteiger partial charge >= 0.3 is 5.97 Å². The van der Waals surface area contributed by atoms with Gasteiger partial charge in [0, 0.05) is 11.6 Å². The first-order chi connectivity index (χ1) is 13.1. The fourth-order valence-electron chi connectivity index (χ4n) is 3.19. The third-order valence-corrected chi connectivity index (χ3v) is 6.66. The molecule has 0 aromatic heterocycles. The zero-order chi connectivity index (χ0) is 20.5. The van der Waals surface area contributed by atoms with Gasteiger partial charge in [-0.3, -0.25) is 0 Å². The Kier molecular flexibility index (Phi) is 5.22. The summed E-state index contributed by atoms with van der Waals surface area (Å²) in [5, 5.41) is 8.98. The number of aromatic carboxylic acids is 1. The van der Waals surface area contributed by atoms with Crippen molar-refractivity contribution in [3.05, 3.63) is 58.7 Å². The Hall–Kier alpha value is -2.78. The number of fused-ring (bicyclic) bond motifs is 1. The van der Waals surface area contributed by atoms with E-state index >= 15 is 0 Å². The highest BCUT2D eigenvalue weighted by molar-refractivity contribution is 7.91. The third-order valence-electron chi connectivity index (χ3n) is 4.91. The molecular formula is C22H22O5S. The van der Waals surface area contributed by atoms with Crippen LogP contribution in [0.1, 0.15) is 54.2 Å². The highest BCUT2D eigenvalue weighted by Crippen LogP contribution is 2.41. The van der Waals surface area contributed by atoms with Crippen molar-refractivity contribution in [2.75, 3.05) is 12.4 Å². The lowest BCUT2D eigenvalue weighted by atomic mass is 9.81. The average Bonchev–Trinajstić information content (AvgIpc) is 2.65. The first-order valence-electron chi connectivity index (χ1n) is 9.03. The molecule has 1 heterocycles. The standard InChI is InChI=1S/C22H22O5S/c1-4-27-19-14-20-18(22(2,3)11-12-28(20,25)26)13-17(19)10-7-15-5-8-16(9-6-15)21(23)24/h5-6,8-9,13-14H,4,11-12H2,1-3H3,(H,23,24). The minimum absolute atomic E-state index is 0.125. The smallest absolute Gasteiger partial charge is 0.335 e. The molecule has 28 heavy (non-hydrogen) atoms. The Morgan fingerprint density at radius 1 is 1.18 bits per heavy atom.